The van der Waals surface area contributed by atoms with Gasteiger partial charge < -0.3 is 0 Å². The lowest BCUT2D eigenvalue weighted by atomic mass is 9.87. The number of allylic oxidation sites excluding steroid dienone is 11. The van der Waals surface area contributed by atoms with Gasteiger partial charge in [0, 0.05) is 28.0 Å². The van der Waals surface area contributed by atoms with Crippen LogP contribution >= 0.6 is 0 Å². The third-order valence-electron chi connectivity index (χ3n) is 7.26. The van der Waals surface area contributed by atoms with Crippen LogP contribution in [0.3, 0.4) is 0 Å². The zero-order valence-electron chi connectivity index (χ0n) is 22.9. The second-order valence-electron chi connectivity index (χ2n) is 12.2. The molecule has 2 aromatic rings. The van der Waals surface area contributed by atoms with Gasteiger partial charge in [-0.3, -0.25) is 4.99 Å². The summed E-state index contributed by atoms with van der Waals surface area (Å²) in [6.45, 7) is 13.4. The first-order valence-electron chi connectivity index (χ1n) is 13.2. The molecule has 0 aromatic heterocycles. The number of nitrogens with zero attached hydrogens (tertiary/aromatic N) is 1. The third kappa shape index (κ3) is 5.52. The molecule has 5 rings (SSSR count). The monoisotopic (exact) mass is 483 g/mol. The summed E-state index contributed by atoms with van der Waals surface area (Å²) in [5.41, 5.74) is 9.57. The van der Waals surface area contributed by atoms with Gasteiger partial charge in [-0.15, -0.1) is 0 Å². The lowest BCUT2D eigenvalue weighted by molar-refractivity contribution is 0.627. The van der Waals surface area contributed by atoms with Crippen LogP contribution in [-0.2, 0) is 0 Å². The Morgan fingerprint density at radius 2 is 1.22 bits per heavy atom. The molecule has 0 saturated heterocycles. The highest BCUT2D eigenvalue weighted by Gasteiger charge is 2.22. The van der Waals surface area contributed by atoms with E-state index in [4.69, 9.17) is 4.99 Å². The molecule has 0 amide bonds. The minimum absolute atomic E-state index is 0.0214. The first-order chi connectivity index (χ1) is 17.5. The predicted molar refractivity (Wildman–Crippen MR) is 163 cm³/mol. The fraction of sp³-hybridized carbons (Fsp3) is 0.250. The Hall–Kier alpha value is -3.71. The molecule has 0 atom stereocenters. The predicted octanol–water partition coefficient (Wildman–Crippen LogP) is 9.96. The van der Waals surface area contributed by atoms with E-state index >= 15 is 0 Å². The smallest absolute Gasteiger partial charge is 0.0676 e. The van der Waals surface area contributed by atoms with Gasteiger partial charge in [0.1, 0.15) is 0 Å². The zero-order valence-corrected chi connectivity index (χ0v) is 22.9. The van der Waals surface area contributed by atoms with Gasteiger partial charge in [-0.1, -0.05) is 133 Å². The number of aliphatic imine (C=N–C) groups is 1. The Morgan fingerprint density at radius 3 is 2.00 bits per heavy atom. The van der Waals surface area contributed by atoms with Gasteiger partial charge in [-0.05, 0) is 51.6 Å². The molecule has 0 saturated carbocycles. The van der Waals surface area contributed by atoms with E-state index in [0.717, 1.165) is 5.70 Å². The first kappa shape index (κ1) is 25.0. The summed E-state index contributed by atoms with van der Waals surface area (Å²) in [4.78, 5) is 4.83. The molecule has 1 nitrogen and oxygen atoms in total. The minimum atomic E-state index is -0.0573. The molecule has 0 bridgehead atoms. The van der Waals surface area contributed by atoms with E-state index in [9.17, 15) is 0 Å². The summed E-state index contributed by atoms with van der Waals surface area (Å²) in [5.74, 6) is 0. The van der Waals surface area contributed by atoms with Gasteiger partial charge in [0.05, 0.1) is 5.70 Å². The fourth-order valence-electron chi connectivity index (χ4n) is 5.00. The molecule has 0 radical (unpaired) electrons. The molecule has 1 heteroatoms. The van der Waals surface area contributed by atoms with Gasteiger partial charge in [0.25, 0.3) is 0 Å². The highest BCUT2D eigenvalue weighted by molar-refractivity contribution is 5.91. The SMILES string of the molecule is CC1(C)C=CC=C(c2cccc(-c3ccc(C4=CC(C)(C)C=CC=N4)c4c3C=CC(C)(C)C=C4)c2)C=C1. The van der Waals surface area contributed by atoms with Crippen LogP contribution in [0.25, 0.3) is 34.5 Å². The molecule has 0 fully saturated rings. The molecular formula is C36H37N. The lowest BCUT2D eigenvalue weighted by Gasteiger charge is -2.18. The van der Waals surface area contributed by atoms with E-state index in [2.05, 4.69) is 145 Å². The van der Waals surface area contributed by atoms with E-state index in [1.165, 1.54) is 39.0 Å². The molecule has 37 heavy (non-hydrogen) atoms. The summed E-state index contributed by atoms with van der Waals surface area (Å²) in [7, 11) is 0. The van der Waals surface area contributed by atoms with E-state index in [1.807, 2.05) is 12.3 Å². The van der Waals surface area contributed by atoms with Gasteiger partial charge in [-0.25, -0.2) is 0 Å². The number of fused-ring (bicyclic) bond motifs is 1. The average molecular weight is 484 g/mol. The fourth-order valence-corrected chi connectivity index (χ4v) is 5.00. The topological polar surface area (TPSA) is 12.4 Å². The molecule has 2 aromatic carbocycles. The van der Waals surface area contributed by atoms with Crippen molar-refractivity contribution in [1.29, 1.82) is 0 Å². The number of rotatable bonds is 3. The van der Waals surface area contributed by atoms with Crippen LogP contribution in [0.2, 0.25) is 0 Å². The van der Waals surface area contributed by atoms with Crippen molar-refractivity contribution in [2.45, 2.75) is 41.5 Å². The number of hydrogen-bond donors (Lipinski definition) is 0. The molecule has 0 spiro atoms. The van der Waals surface area contributed by atoms with Crippen LogP contribution in [0, 0.1) is 16.2 Å². The molecule has 2 aliphatic carbocycles. The summed E-state index contributed by atoms with van der Waals surface area (Å²) in [6.07, 6.45) is 28.8. The Kier molecular flexibility index (Phi) is 6.28. The van der Waals surface area contributed by atoms with Crippen LogP contribution in [0.4, 0.5) is 0 Å². The van der Waals surface area contributed by atoms with Crippen LogP contribution < -0.4 is 0 Å². The maximum absolute atomic E-state index is 4.83. The Labute approximate surface area is 222 Å². The number of benzene rings is 2. The average Bonchev–Trinajstić information content (AvgIpc) is 3.22. The Morgan fingerprint density at radius 1 is 0.595 bits per heavy atom. The van der Waals surface area contributed by atoms with E-state index in [0.29, 0.717) is 0 Å². The van der Waals surface area contributed by atoms with Crippen molar-refractivity contribution < 1.29 is 0 Å². The first-order valence-corrected chi connectivity index (χ1v) is 13.2. The van der Waals surface area contributed by atoms with Crippen LogP contribution in [-0.4, -0.2) is 6.21 Å². The van der Waals surface area contributed by atoms with Crippen molar-refractivity contribution in [1.82, 2.24) is 0 Å². The maximum atomic E-state index is 4.83. The van der Waals surface area contributed by atoms with Crippen LogP contribution in [0.5, 0.6) is 0 Å². The molecule has 0 N–H and O–H groups in total. The van der Waals surface area contributed by atoms with Gasteiger partial charge in [-0.2, -0.15) is 0 Å². The quantitative estimate of drug-likeness (QED) is 0.412. The third-order valence-corrected chi connectivity index (χ3v) is 7.26. The van der Waals surface area contributed by atoms with E-state index in [-0.39, 0.29) is 16.2 Å². The standard InChI is InChI=1S/C36H37N/c1-34(2)18-8-12-26(15-20-34)27-10-7-11-28(24-27)29-13-14-32(33-25-36(5,6)19-9-23-37-33)31-17-22-35(3,4)21-16-30(29)31/h7-25H,1-6H3. The largest absolute Gasteiger partial charge is 0.257 e. The lowest BCUT2D eigenvalue weighted by Crippen LogP contribution is -2.03. The van der Waals surface area contributed by atoms with Crippen molar-refractivity contribution in [3.63, 3.8) is 0 Å². The van der Waals surface area contributed by atoms with E-state index in [1.54, 1.807) is 0 Å². The molecule has 1 aliphatic heterocycles. The van der Waals surface area contributed by atoms with Gasteiger partial charge in [0.15, 0.2) is 0 Å². The highest BCUT2D eigenvalue weighted by Crippen LogP contribution is 2.40. The Bertz CT molecular complexity index is 1470. The molecule has 0 unspecified atom stereocenters. The van der Waals surface area contributed by atoms with Gasteiger partial charge >= 0.3 is 0 Å². The number of hydrogen-bond acceptors (Lipinski definition) is 1. The zero-order chi connectivity index (χ0) is 26.3. The van der Waals surface area contributed by atoms with Crippen molar-refractivity contribution in [2.24, 2.45) is 21.2 Å². The Balaban J connectivity index is 1.66. The normalized spacial score (nSPS) is 20.5. The van der Waals surface area contributed by atoms with Crippen molar-refractivity contribution >= 4 is 29.6 Å². The van der Waals surface area contributed by atoms with Crippen LogP contribution in [0.1, 0.15) is 63.8 Å². The van der Waals surface area contributed by atoms with Crippen LogP contribution in [0.15, 0.2) is 102 Å². The maximum Gasteiger partial charge on any atom is 0.0676 e. The summed E-state index contributed by atoms with van der Waals surface area (Å²) in [5, 5.41) is 0. The van der Waals surface area contributed by atoms with E-state index < -0.39 is 0 Å². The second kappa shape index (κ2) is 9.30. The highest BCUT2D eigenvalue weighted by atomic mass is 14.7. The van der Waals surface area contributed by atoms with Gasteiger partial charge in [0.2, 0.25) is 0 Å². The van der Waals surface area contributed by atoms with Crippen molar-refractivity contribution in [2.75, 3.05) is 0 Å². The minimum Gasteiger partial charge on any atom is -0.257 e. The van der Waals surface area contributed by atoms with Crippen molar-refractivity contribution in [3.05, 3.63) is 119 Å². The summed E-state index contributed by atoms with van der Waals surface area (Å²) < 4.78 is 0. The molecule has 186 valence electrons. The molecule has 1 heterocycles. The molecule has 3 aliphatic rings. The second-order valence-corrected chi connectivity index (χ2v) is 12.2. The molecular weight excluding hydrogens is 446 g/mol. The summed E-state index contributed by atoms with van der Waals surface area (Å²) >= 11 is 0. The van der Waals surface area contributed by atoms with Crippen molar-refractivity contribution in [3.8, 4) is 11.1 Å². The summed E-state index contributed by atoms with van der Waals surface area (Å²) in [6, 6.07) is 13.4.